The fourth-order valence-corrected chi connectivity index (χ4v) is 5.97. The Balaban J connectivity index is 1.41. The Morgan fingerprint density at radius 3 is 2.47 bits per heavy atom. The average Bonchev–Trinajstić information content (AvgIpc) is 2.68. The number of nitrogens with one attached hydrogen (secondary N) is 1. The zero-order valence-corrected chi connectivity index (χ0v) is 18.6. The van der Waals surface area contributed by atoms with Crippen molar-refractivity contribution in [2.24, 2.45) is 0 Å². The molecule has 0 radical (unpaired) electrons. The van der Waals surface area contributed by atoms with Crippen molar-refractivity contribution in [1.29, 1.82) is 0 Å². The number of ether oxygens (including phenoxy) is 1. The van der Waals surface area contributed by atoms with Crippen LogP contribution in [0.25, 0.3) is 10.9 Å². The van der Waals surface area contributed by atoms with E-state index in [2.05, 4.69) is 14.9 Å². The molecule has 2 aromatic rings. The lowest BCUT2D eigenvalue weighted by molar-refractivity contribution is -0.0457. The van der Waals surface area contributed by atoms with Gasteiger partial charge in [0.25, 0.3) is 15.8 Å². The van der Waals surface area contributed by atoms with E-state index in [0.29, 0.717) is 67.6 Å². The summed E-state index contributed by atoms with van der Waals surface area (Å²) in [6.45, 7) is 6.91. The van der Waals surface area contributed by atoms with Gasteiger partial charge in [-0.2, -0.15) is 17.0 Å². The van der Waals surface area contributed by atoms with E-state index >= 15 is 0 Å². The zero-order chi connectivity index (χ0) is 21.5. The van der Waals surface area contributed by atoms with Gasteiger partial charge in [0.2, 0.25) is 0 Å². The second kappa shape index (κ2) is 8.52. The van der Waals surface area contributed by atoms with Crippen LogP contribution in [-0.4, -0.2) is 83.4 Å². The topological polar surface area (TPSA) is 98.8 Å². The molecule has 0 unspecified atom stereocenters. The predicted molar refractivity (Wildman–Crippen MR) is 115 cm³/mol. The van der Waals surface area contributed by atoms with E-state index in [0.717, 1.165) is 0 Å². The van der Waals surface area contributed by atoms with E-state index in [1.54, 1.807) is 18.2 Å². The lowest BCUT2D eigenvalue weighted by atomic mass is 10.2. The first-order chi connectivity index (χ1) is 14.2. The maximum Gasteiger partial charge on any atom is 0.282 e. The van der Waals surface area contributed by atoms with Crippen LogP contribution in [0.5, 0.6) is 0 Å². The molecule has 4 rings (SSSR count). The molecule has 0 saturated carbocycles. The van der Waals surface area contributed by atoms with Crippen LogP contribution < -0.4 is 5.56 Å². The molecular formula is C19H26ClN5O4S. The highest BCUT2D eigenvalue weighted by atomic mass is 35.5. The third kappa shape index (κ3) is 4.53. The number of rotatable bonds is 4. The first-order valence-corrected chi connectivity index (χ1v) is 11.8. The third-order valence-electron chi connectivity index (χ3n) is 5.46. The van der Waals surface area contributed by atoms with Gasteiger partial charge in [0.1, 0.15) is 5.82 Å². The van der Waals surface area contributed by atoms with Gasteiger partial charge in [-0.15, -0.1) is 0 Å². The zero-order valence-electron chi connectivity index (χ0n) is 17.0. The Bertz CT molecular complexity index is 1070. The number of morpholine rings is 1. The normalized spacial score (nSPS) is 25.0. The minimum absolute atomic E-state index is 0.115. The molecule has 2 aliphatic heterocycles. The Kier molecular flexibility index (Phi) is 6.16. The van der Waals surface area contributed by atoms with Gasteiger partial charge in [-0.25, -0.2) is 4.98 Å². The van der Waals surface area contributed by atoms with Gasteiger partial charge in [-0.1, -0.05) is 11.6 Å². The molecule has 0 aliphatic carbocycles. The van der Waals surface area contributed by atoms with Gasteiger partial charge in [-0.05, 0) is 32.0 Å². The lowest BCUT2D eigenvalue weighted by Gasteiger charge is -2.40. The molecule has 1 aromatic heterocycles. The van der Waals surface area contributed by atoms with Crippen LogP contribution in [0, 0.1) is 0 Å². The van der Waals surface area contributed by atoms with Gasteiger partial charge < -0.3 is 9.72 Å². The van der Waals surface area contributed by atoms with Crippen molar-refractivity contribution < 1.29 is 13.2 Å². The SMILES string of the molecule is C[C@@H]1CN(S(=O)(=O)N2CCN(Cc3nc4ccc(Cl)cc4c(=O)[nH]3)CC2)C[C@@H](C)O1. The molecule has 2 saturated heterocycles. The number of halogens is 1. The van der Waals surface area contributed by atoms with Crippen molar-refractivity contribution in [3.8, 4) is 0 Å². The summed E-state index contributed by atoms with van der Waals surface area (Å²) in [6.07, 6.45) is -0.231. The summed E-state index contributed by atoms with van der Waals surface area (Å²) in [6, 6.07) is 5.03. The van der Waals surface area contributed by atoms with E-state index in [9.17, 15) is 13.2 Å². The van der Waals surface area contributed by atoms with Crippen LogP contribution in [0.3, 0.4) is 0 Å². The molecule has 2 aliphatic rings. The number of piperazine rings is 1. The molecule has 30 heavy (non-hydrogen) atoms. The standard InChI is InChI=1S/C19H26ClN5O4S/c1-13-10-25(11-14(2)29-13)30(27,28)24-7-5-23(6-8-24)12-18-21-17-4-3-15(20)9-16(17)19(26)22-18/h3-4,9,13-14H,5-8,10-12H2,1-2H3,(H,21,22,26)/t13-,14-/m1/s1. The van der Waals surface area contributed by atoms with Crippen molar-refractivity contribution in [3.63, 3.8) is 0 Å². The molecule has 2 fully saturated rings. The summed E-state index contributed by atoms with van der Waals surface area (Å²) in [4.78, 5) is 21.7. The molecule has 1 N–H and O–H groups in total. The van der Waals surface area contributed by atoms with E-state index < -0.39 is 10.2 Å². The molecule has 11 heteroatoms. The molecule has 2 atom stereocenters. The van der Waals surface area contributed by atoms with E-state index in [1.165, 1.54) is 8.61 Å². The third-order valence-corrected chi connectivity index (χ3v) is 7.66. The highest BCUT2D eigenvalue weighted by molar-refractivity contribution is 7.86. The van der Waals surface area contributed by atoms with Gasteiger partial charge in [0.05, 0.1) is 29.7 Å². The van der Waals surface area contributed by atoms with E-state index in [4.69, 9.17) is 16.3 Å². The Morgan fingerprint density at radius 2 is 1.80 bits per heavy atom. The quantitative estimate of drug-likeness (QED) is 0.739. The van der Waals surface area contributed by atoms with Crippen molar-refractivity contribution in [1.82, 2.24) is 23.5 Å². The van der Waals surface area contributed by atoms with Gasteiger partial charge >= 0.3 is 0 Å². The van der Waals surface area contributed by atoms with Gasteiger partial charge in [0.15, 0.2) is 0 Å². The smallest absolute Gasteiger partial charge is 0.282 e. The summed E-state index contributed by atoms with van der Waals surface area (Å²) in [7, 11) is -3.51. The number of hydrogen-bond acceptors (Lipinski definition) is 6. The molecule has 9 nitrogen and oxygen atoms in total. The summed E-state index contributed by atoms with van der Waals surface area (Å²) >= 11 is 5.96. The number of hydrogen-bond donors (Lipinski definition) is 1. The Hall–Kier alpha value is -1.56. The second-order valence-corrected chi connectivity index (χ2v) is 10.3. The molecule has 0 bridgehead atoms. The summed E-state index contributed by atoms with van der Waals surface area (Å²) < 4.78 is 34.8. The van der Waals surface area contributed by atoms with Crippen molar-refractivity contribution >= 4 is 32.7 Å². The number of fused-ring (bicyclic) bond motifs is 1. The Labute approximate surface area is 180 Å². The molecule has 3 heterocycles. The van der Waals surface area contributed by atoms with Crippen LogP contribution in [0.1, 0.15) is 19.7 Å². The molecule has 164 valence electrons. The van der Waals surface area contributed by atoms with Crippen molar-refractivity contribution in [2.45, 2.75) is 32.6 Å². The first kappa shape index (κ1) is 21.7. The van der Waals surface area contributed by atoms with Crippen LogP contribution >= 0.6 is 11.6 Å². The largest absolute Gasteiger partial charge is 0.373 e. The van der Waals surface area contributed by atoms with E-state index in [1.807, 2.05) is 13.8 Å². The molecule has 1 aromatic carbocycles. The Morgan fingerprint density at radius 1 is 1.13 bits per heavy atom. The average molecular weight is 456 g/mol. The van der Waals surface area contributed by atoms with Gasteiger partial charge in [-0.3, -0.25) is 9.69 Å². The fraction of sp³-hybridized carbons (Fsp3) is 0.579. The highest BCUT2D eigenvalue weighted by Crippen LogP contribution is 2.20. The predicted octanol–water partition coefficient (Wildman–Crippen LogP) is 1.05. The number of aromatic amines is 1. The number of benzene rings is 1. The van der Waals surface area contributed by atoms with Crippen LogP contribution in [0.15, 0.2) is 23.0 Å². The van der Waals surface area contributed by atoms with E-state index in [-0.39, 0.29) is 17.8 Å². The van der Waals surface area contributed by atoms with Crippen molar-refractivity contribution in [2.75, 3.05) is 39.3 Å². The number of nitrogens with zero attached hydrogens (tertiary/aromatic N) is 4. The lowest BCUT2D eigenvalue weighted by Crippen LogP contribution is -2.57. The van der Waals surface area contributed by atoms with Crippen LogP contribution in [0.2, 0.25) is 5.02 Å². The molecule has 0 amide bonds. The number of aromatic nitrogens is 2. The van der Waals surface area contributed by atoms with Crippen LogP contribution in [0.4, 0.5) is 0 Å². The maximum atomic E-state index is 13.0. The maximum absolute atomic E-state index is 13.0. The minimum Gasteiger partial charge on any atom is -0.373 e. The highest BCUT2D eigenvalue weighted by Gasteiger charge is 2.36. The minimum atomic E-state index is -3.51. The summed E-state index contributed by atoms with van der Waals surface area (Å²) in [5, 5.41) is 0.945. The molecular weight excluding hydrogens is 430 g/mol. The summed E-state index contributed by atoms with van der Waals surface area (Å²) in [5.41, 5.74) is 0.365. The number of H-pyrrole nitrogens is 1. The second-order valence-electron chi connectivity index (χ2n) is 7.93. The molecule has 0 spiro atoms. The summed E-state index contributed by atoms with van der Waals surface area (Å²) in [5.74, 6) is 0.557. The van der Waals surface area contributed by atoms with Gasteiger partial charge in [0, 0.05) is 44.3 Å². The first-order valence-electron chi connectivity index (χ1n) is 10.0. The van der Waals surface area contributed by atoms with Crippen LogP contribution in [-0.2, 0) is 21.5 Å². The van der Waals surface area contributed by atoms with Crippen molar-refractivity contribution in [3.05, 3.63) is 39.4 Å². The fourth-order valence-electron chi connectivity index (χ4n) is 4.05. The monoisotopic (exact) mass is 455 g/mol.